The van der Waals surface area contributed by atoms with E-state index < -0.39 is 6.10 Å². The molecule has 1 fully saturated rings. The second-order valence-electron chi connectivity index (χ2n) is 5.59. The van der Waals surface area contributed by atoms with Gasteiger partial charge in [-0.25, -0.2) is 4.98 Å². The highest BCUT2D eigenvalue weighted by molar-refractivity contribution is 7.14. The molecule has 1 aliphatic heterocycles. The van der Waals surface area contributed by atoms with Crippen LogP contribution in [0.25, 0.3) is 0 Å². The molecule has 0 aliphatic carbocycles. The summed E-state index contributed by atoms with van der Waals surface area (Å²) >= 11 is 1.37. The van der Waals surface area contributed by atoms with Crippen LogP contribution in [-0.4, -0.2) is 48.8 Å². The number of aliphatic hydroxyl groups excluding tert-OH is 1. The molecule has 1 saturated heterocycles. The summed E-state index contributed by atoms with van der Waals surface area (Å²) in [4.78, 5) is 16.4. The highest BCUT2D eigenvalue weighted by Crippen LogP contribution is 2.22. The van der Waals surface area contributed by atoms with E-state index in [1.165, 1.54) is 11.3 Å². The molecule has 1 amide bonds. The molecule has 2 atom stereocenters. The standard InChI is InChI=1S/C16H20N4O3S.2ClH/c1-23-12-4-2-11(3-5-12)19-16-20-13(9-24-16)15(22)18-7-10-6-17-8-14(10)21;;/h2-5,9-10,14,17,21H,6-8H2,1H3,(H,18,22)(H,19,20);2*1H. The molecule has 2 unspecified atom stereocenters. The van der Waals surface area contributed by atoms with Gasteiger partial charge in [-0.2, -0.15) is 0 Å². The number of halogens is 2. The van der Waals surface area contributed by atoms with E-state index in [0.717, 1.165) is 11.4 Å². The smallest absolute Gasteiger partial charge is 0.270 e. The van der Waals surface area contributed by atoms with E-state index in [-0.39, 0.29) is 36.6 Å². The number of hydrogen-bond donors (Lipinski definition) is 4. The quantitative estimate of drug-likeness (QED) is 0.571. The zero-order chi connectivity index (χ0) is 16.9. The van der Waals surface area contributed by atoms with Gasteiger partial charge in [0.05, 0.1) is 13.2 Å². The van der Waals surface area contributed by atoms with Gasteiger partial charge in [0, 0.05) is 36.6 Å². The second kappa shape index (κ2) is 10.5. The zero-order valence-electron chi connectivity index (χ0n) is 14.1. The number of aromatic nitrogens is 1. The Kier molecular flexibility index (Phi) is 9.11. The van der Waals surface area contributed by atoms with E-state index >= 15 is 0 Å². The number of nitrogens with one attached hydrogen (secondary N) is 3. The predicted molar refractivity (Wildman–Crippen MR) is 108 cm³/mol. The SMILES string of the molecule is COc1ccc(Nc2nc(C(=O)NCC3CNCC3O)cs2)cc1.Cl.Cl. The highest BCUT2D eigenvalue weighted by atomic mass is 35.5. The van der Waals surface area contributed by atoms with Crippen molar-refractivity contribution in [3.05, 3.63) is 35.3 Å². The third-order valence-corrected chi connectivity index (χ3v) is 4.66. The number of nitrogens with zero attached hydrogens (tertiary/aromatic N) is 1. The Labute approximate surface area is 168 Å². The lowest BCUT2D eigenvalue weighted by atomic mass is 10.1. The molecular weight excluding hydrogens is 399 g/mol. The molecule has 10 heteroatoms. The van der Waals surface area contributed by atoms with Crippen LogP contribution < -0.4 is 20.7 Å². The normalized spacial score (nSPS) is 18.4. The minimum absolute atomic E-state index is 0. The fourth-order valence-corrected chi connectivity index (χ4v) is 3.19. The van der Waals surface area contributed by atoms with Crippen LogP contribution in [0.1, 0.15) is 10.5 Å². The van der Waals surface area contributed by atoms with Crippen molar-refractivity contribution in [3.63, 3.8) is 0 Å². The molecule has 2 aromatic rings. The van der Waals surface area contributed by atoms with Crippen molar-refractivity contribution in [2.45, 2.75) is 6.10 Å². The maximum Gasteiger partial charge on any atom is 0.270 e. The third kappa shape index (κ3) is 5.72. The minimum Gasteiger partial charge on any atom is -0.497 e. The van der Waals surface area contributed by atoms with Crippen LogP contribution in [0, 0.1) is 5.92 Å². The monoisotopic (exact) mass is 420 g/mol. The van der Waals surface area contributed by atoms with Crippen molar-refractivity contribution >= 4 is 52.9 Å². The van der Waals surface area contributed by atoms with Crippen molar-refractivity contribution in [1.82, 2.24) is 15.6 Å². The van der Waals surface area contributed by atoms with Crippen LogP contribution >= 0.6 is 36.2 Å². The first-order valence-electron chi connectivity index (χ1n) is 7.69. The van der Waals surface area contributed by atoms with Gasteiger partial charge < -0.3 is 25.8 Å². The van der Waals surface area contributed by atoms with Gasteiger partial charge in [0.2, 0.25) is 0 Å². The largest absolute Gasteiger partial charge is 0.497 e. The molecule has 2 heterocycles. The number of methoxy groups -OCH3 is 1. The van der Waals surface area contributed by atoms with Crippen LogP contribution in [0.2, 0.25) is 0 Å². The molecule has 0 saturated carbocycles. The summed E-state index contributed by atoms with van der Waals surface area (Å²) in [5.41, 5.74) is 1.24. The maximum atomic E-state index is 12.1. The number of amides is 1. The maximum absolute atomic E-state index is 12.1. The summed E-state index contributed by atoms with van der Waals surface area (Å²) in [7, 11) is 1.62. The summed E-state index contributed by atoms with van der Waals surface area (Å²) < 4.78 is 5.12. The second-order valence-corrected chi connectivity index (χ2v) is 6.45. The van der Waals surface area contributed by atoms with E-state index in [2.05, 4.69) is 20.9 Å². The number of rotatable bonds is 6. The molecule has 4 N–H and O–H groups in total. The fraction of sp³-hybridized carbons (Fsp3) is 0.375. The van der Waals surface area contributed by atoms with Crippen molar-refractivity contribution in [1.29, 1.82) is 0 Å². The molecule has 0 bridgehead atoms. The minimum atomic E-state index is -0.409. The summed E-state index contributed by atoms with van der Waals surface area (Å²) in [6, 6.07) is 7.47. The Morgan fingerprint density at radius 1 is 1.35 bits per heavy atom. The number of anilines is 2. The number of β-amino-alcohol motifs (C(OH)–C–C–N with tert-alkyl or cyclic N) is 1. The van der Waals surface area contributed by atoms with Crippen LogP contribution in [0.3, 0.4) is 0 Å². The van der Waals surface area contributed by atoms with Gasteiger partial charge in [0.1, 0.15) is 11.4 Å². The highest BCUT2D eigenvalue weighted by Gasteiger charge is 2.25. The van der Waals surface area contributed by atoms with Crippen molar-refractivity contribution in [3.8, 4) is 5.75 Å². The molecule has 26 heavy (non-hydrogen) atoms. The number of hydrogen-bond acceptors (Lipinski definition) is 7. The lowest BCUT2D eigenvalue weighted by Gasteiger charge is -2.13. The Hall–Kier alpha value is -1.58. The molecule has 7 nitrogen and oxygen atoms in total. The Morgan fingerprint density at radius 2 is 2.08 bits per heavy atom. The lowest BCUT2D eigenvalue weighted by molar-refractivity contribution is 0.0923. The van der Waals surface area contributed by atoms with Gasteiger partial charge in [-0.05, 0) is 24.3 Å². The topological polar surface area (TPSA) is 95.5 Å². The Balaban J connectivity index is 0.00000169. The van der Waals surface area contributed by atoms with Gasteiger partial charge in [-0.3, -0.25) is 4.79 Å². The molecule has 1 aromatic heterocycles. The molecule has 1 aromatic carbocycles. The Bertz CT molecular complexity index is 699. The summed E-state index contributed by atoms with van der Waals surface area (Å²) in [5, 5.41) is 21.2. The number of aliphatic hydroxyl groups is 1. The first-order chi connectivity index (χ1) is 11.7. The first kappa shape index (κ1) is 22.5. The van der Waals surface area contributed by atoms with E-state index in [9.17, 15) is 9.90 Å². The van der Waals surface area contributed by atoms with E-state index in [1.54, 1.807) is 12.5 Å². The van der Waals surface area contributed by atoms with Crippen LogP contribution in [0.15, 0.2) is 29.6 Å². The predicted octanol–water partition coefficient (Wildman–Crippen LogP) is 2.05. The van der Waals surface area contributed by atoms with E-state index in [0.29, 0.717) is 30.5 Å². The summed E-state index contributed by atoms with van der Waals surface area (Å²) in [5.74, 6) is 0.598. The van der Waals surface area contributed by atoms with Crippen molar-refractivity contribution < 1.29 is 14.6 Å². The van der Waals surface area contributed by atoms with Gasteiger partial charge >= 0.3 is 0 Å². The van der Waals surface area contributed by atoms with Crippen LogP contribution in [-0.2, 0) is 0 Å². The van der Waals surface area contributed by atoms with Gasteiger partial charge in [0.15, 0.2) is 5.13 Å². The fourth-order valence-electron chi connectivity index (χ4n) is 2.48. The number of ether oxygens (including phenoxy) is 1. The molecule has 3 rings (SSSR count). The molecular formula is C16H22Cl2N4O3S. The number of carbonyl (C=O) groups is 1. The van der Waals surface area contributed by atoms with Gasteiger partial charge in [-0.15, -0.1) is 36.2 Å². The molecule has 0 spiro atoms. The third-order valence-electron chi connectivity index (χ3n) is 3.91. The molecule has 1 aliphatic rings. The van der Waals surface area contributed by atoms with Gasteiger partial charge in [0.25, 0.3) is 5.91 Å². The van der Waals surface area contributed by atoms with Crippen LogP contribution in [0.4, 0.5) is 10.8 Å². The lowest BCUT2D eigenvalue weighted by Crippen LogP contribution is -2.34. The van der Waals surface area contributed by atoms with Crippen molar-refractivity contribution in [2.24, 2.45) is 5.92 Å². The molecule has 0 radical (unpaired) electrons. The van der Waals surface area contributed by atoms with Crippen LogP contribution in [0.5, 0.6) is 5.75 Å². The average molecular weight is 421 g/mol. The van der Waals surface area contributed by atoms with E-state index in [4.69, 9.17) is 4.74 Å². The van der Waals surface area contributed by atoms with Crippen molar-refractivity contribution in [2.75, 3.05) is 32.1 Å². The Morgan fingerprint density at radius 3 is 2.69 bits per heavy atom. The summed E-state index contributed by atoms with van der Waals surface area (Å²) in [6.45, 7) is 1.72. The average Bonchev–Trinajstić information content (AvgIpc) is 3.22. The number of carbonyl (C=O) groups excluding carboxylic acids is 1. The zero-order valence-corrected chi connectivity index (χ0v) is 16.5. The molecule has 144 valence electrons. The van der Waals surface area contributed by atoms with Gasteiger partial charge in [-0.1, -0.05) is 0 Å². The number of thiazole rings is 1. The summed E-state index contributed by atoms with van der Waals surface area (Å²) in [6.07, 6.45) is -0.409. The van der Waals surface area contributed by atoms with E-state index in [1.807, 2.05) is 24.3 Å². The first-order valence-corrected chi connectivity index (χ1v) is 8.57. The number of benzene rings is 1.